The Morgan fingerprint density at radius 2 is 1.89 bits per heavy atom. The molecule has 1 aromatic rings. The highest BCUT2D eigenvalue weighted by molar-refractivity contribution is 7.92. The molecule has 0 unspecified atom stereocenters. The molecule has 0 fully saturated rings. The Bertz CT molecular complexity index is 504. The third kappa shape index (κ3) is 6.59. The molecule has 1 aromatic carbocycles. The lowest BCUT2D eigenvalue weighted by Crippen LogP contribution is -2.26. The van der Waals surface area contributed by atoms with E-state index in [4.69, 9.17) is 0 Å². The first-order valence-corrected chi connectivity index (χ1v) is 8.17. The van der Waals surface area contributed by atoms with Crippen LogP contribution in [0.1, 0.15) is 33.3 Å². The molecule has 1 rings (SSSR count). The number of rotatable bonds is 6. The minimum Gasteiger partial charge on any atom is -0.313 e. The van der Waals surface area contributed by atoms with Crippen LogP contribution in [-0.2, 0) is 16.6 Å². The molecular formula is C14H24N2O2S. The maximum atomic E-state index is 12.0. The monoisotopic (exact) mass is 284 g/mol. The zero-order valence-electron chi connectivity index (χ0n) is 12.2. The van der Waals surface area contributed by atoms with E-state index in [0.717, 1.165) is 18.7 Å². The van der Waals surface area contributed by atoms with Crippen molar-refractivity contribution in [2.45, 2.75) is 34.2 Å². The number of hydrogen-bond donors (Lipinski definition) is 2. The summed E-state index contributed by atoms with van der Waals surface area (Å²) in [6, 6.07) is 7.48. The molecule has 4 nitrogen and oxygen atoms in total. The van der Waals surface area contributed by atoms with Gasteiger partial charge >= 0.3 is 0 Å². The highest BCUT2D eigenvalue weighted by Crippen LogP contribution is 2.19. The van der Waals surface area contributed by atoms with E-state index in [-0.39, 0.29) is 11.2 Å². The minimum absolute atomic E-state index is 0.109. The molecule has 0 aliphatic carbocycles. The molecule has 0 bridgehead atoms. The summed E-state index contributed by atoms with van der Waals surface area (Å²) in [6.45, 7) is 9.40. The van der Waals surface area contributed by atoms with Crippen molar-refractivity contribution < 1.29 is 8.42 Å². The largest absolute Gasteiger partial charge is 0.313 e. The maximum Gasteiger partial charge on any atom is 0.233 e. The second-order valence-electron chi connectivity index (χ2n) is 5.90. The van der Waals surface area contributed by atoms with Gasteiger partial charge in [-0.3, -0.25) is 4.72 Å². The van der Waals surface area contributed by atoms with Crippen LogP contribution in [0.25, 0.3) is 0 Å². The quantitative estimate of drug-likeness (QED) is 0.844. The fourth-order valence-corrected chi connectivity index (χ4v) is 3.50. The average molecular weight is 284 g/mol. The molecule has 2 N–H and O–H groups in total. The van der Waals surface area contributed by atoms with Crippen molar-refractivity contribution in [1.29, 1.82) is 0 Å². The second-order valence-corrected chi connectivity index (χ2v) is 7.62. The van der Waals surface area contributed by atoms with Gasteiger partial charge in [-0.25, -0.2) is 8.42 Å². The smallest absolute Gasteiger partial charge is 0.233 e. The molecule has 0 atom stereocenters. The summed E-state index contributed by atoms with van der Waals surface area (Å²) >= 11 is 0. The molecule has 0 spiro atoms. The van der Waals surface area contributed by atoms with E-state index in [9.17, 15) is 8.42 Å². The van der Waals surface area contributed by atoms with Gasteiger partial charge in [0.1, 0.15) is 0 Å². The van der Waals surface area contributed by atoms with E-state index in [0.29, 0.717) is 5.69 Å². The van der Waals surface area contributed by atoms with Gasteiger partial charge in [-0.05, 0) is 29.7 Å². The first-order chi connectivity index (χ1) is 8.72. The predicted molar refractivity (Wildman–Crippen MR) is 80.7 cm³/mol. The van der Waals surface area contributed by atoms with Gasteiger partial charge in [-0.15, -0.1) is 0 Å². The fourth-order valence-electron chi connectivity index (χ4n) is 1.80. The van der Waals surface area contributed by atoms with Crippen molar-refractivity contribution in [3.63, 3.8) is 0 Å². The molecule has 0 aliphatic heterocycles. The van der Waals surface area contributed by atoms with Crippen LogP contribution in [0, 0.1) is 5.41 Å². The predicted octanol–water partition coefficient (Wildman–Crippen LogP) is 2.58. The van der Waals surface area contributed by atoms with Crippen LogP contribution in [0.3, 0.4) is 0 Å². The third-order valence-corrected chi connectivity index (χ3v) is 4.20. The molecule has 108 valence electrons. The van der Waals surface area contributed by atoms with E-state index < -0.39 is 10.0 Å². The van der Waals surface area contributed by atoms with Crippen LogP contribution < -0.4 is 10.0 Å². The number of anilines is 1. The Morgan fingerprint density at radius 1 is 1.21 bits per heavy atom. The van der Waals surface area contributed by atoms with Crippen LogP contribution in [-0.4, -0.2) is 20.7 Å². The first-order valence-electron chi connectivity index (χ1n) is 6.52. The second kappa shape index (κ2) is 6.39. The topological polar surface area (TPSA) is 58.2 Å². The van der Waals surface area contributed by atoms with Gasteiger partial charge in [0.25, 0.3) is 0 Å². The molecule has 19 heavy (non-hydrogen) atoms. The van der Waals surface area contributed by atoms with Gasteiger partial charge in [0.15, 0.2) is 0 Å². The van der Waals surface area contributed by atoms with Crippen LogP contribution in [0.15, 0.2) is 24.3 Å². The number of hydrogen-bond acceptors (Lipinski definition) is 3. The highest BCUT2D eigenvalue weighted by Gasteiger charge is 2.21. The first kappa shape index (κ1) is 16.0. The van der Waals surface area contributed by atoms with Crippen LogP contribution >= 0.6 is 0 Å². The molecule has 0 radical (unpaired) electrons. The maximum absolute atomic E-state index is 12.0. The SMILES string of the molecule is CCNCc1cccc(NS(=O)(=O)CC(C)(C)C)c1. The van der Waals surface area contributed by atoms with E-state index in [1.54, 1.807) is 6.07 Å². The van der Waals surface area contributed by atoms with Gasteiger partial charge in [-0.1, -0.05) is 39.8 Å². The van der Waals surface area contributed by atoms with Gasteiger partial charge in [-0.2, -0.15) is 0 Å². The van der Waals surface area contributed by atoms with Crippen molar-refractivity contribution in [3.05, 3.63) is 29.8 Å². The Morgan fingerprint density at radius 3 is 2.47 bits per heavy atom. The Kier molecular flexibility index (Phi) is 5.38. The summed E-state index contributed by atoms with van der Waals surface area (Å²) < 4.78 is 26.7. The molecular weight excluding hydrogens is 260 g/mol. The average Bonchev–Trinajstić information content (AvgIpc) is 2.22. The van der Waals surface area contributed by atoms with Gasteiger partial charge in [0.2, 0.25) is 10.0 Å². The number of benzene rings is 1. The highest BCUT2D eigenvalue weighted by atomic mass is 32.2. The zero-order chi connectivity index (χ0) is 14.5. The lowest BCUT2D eigenvalue weighted by atomic mass is 10.0. The van der Waals surface area contributed by atoms with Crippen molar-refractivity contribution in [3.8, 4) is 0 Å². The van der Waals surface area contributed by atoms with Crippen molar-refractivity contribution in [2.24, 2.45) is 5.41 Å². The molecule has 5 heteroatoms. The summed E-state index contributed by atoms with van der Waals surface area (Å²) in [5, 5.41) is 3.22. The molecule has 0 aliphatic rings. The molecule has 0 heterocycles. The molecule has 0 saturated carbocycles. The van der Waals surface area contributed by atoms with E-state index in [2.05, 4.69) is 10.0 Å². The van der Waals surface area contributed by atoms with Crippen LogP contribution in [0.2, 0.25) is 0 Å². The Labute approximate surface area is 116 Å². The van der Waals surface area contributed by atoms with E-state index in [1.807, 2.05) is 45.9 Å². The standard InChI is InChI=1S/C14H24N2O2S/c1-5-15-10-12-7-6-8-13(9-12)16-19(17,18)11-14(2,3)4/h6-9,15-16H,5,10-11H2,1-4H3. The van der Waals surface area contributed by atoms with E-state index in [1.165, 1.54) is 0 Å². The van der Waals surface area contributed by atoms with Crippen LogP contribution in [0.4, 0.5) is 5.69 Å². The fraction of sp³-hybridized carbons (Fsp3) is 0.571. The van der Waals surface area contributed by atoms with E-state index >= 15 is 0 Å². The Balaban J connectivity index is 2.76. The van der Waals surface area contributed by atoms with Gasteiger partial charge in [0, 0.05) is 12.2 Å². The molecule has 0 saturated heterocycles. The summed E-state index contributed by atoms with van der Waals surface area (Å²) in [7, 11) is -3.30. The van der Waals surface area contributed by atoms with Crippen molar-refractivity contribution in [2.75, 3.05) is 17.0 Å². The summed E-state index contributed by atoms with van der Waals surface area (Å²) in [5.41, 5.74) is 1.44. The van der Waals surface area contributed by atoms with Crippen LogP contribution in [0.5, 0.6) is 0 Å². The summed E-state index contributed by atoms with van der Waals surface area (Å²) in [6.07, 6.45) is 0. The van der Waals surface area contributed by atoms with Gasteiger partial charge in [0.05, 0.1) is 5.75 Å². The summed E-state index contributed by atoms with van der Waals surface area (Å²) in [5.74, 6) is 0.109. The number of sulfonamides is 1. The van der Waals surface area contributed by atoms with Crippen molar-refractivity contribution >= 4 is 15.7 Å². The Hall–Kier alpha value is -1.07. The lowest BCUT2D eigenvalue weighted by Gasteiger charge is -2.19. The zero-order valence-corrected chi connectivity index (χ0v) is 13.0. The number of nitrogens with one attached hydrogen (secondary N) is 2. The third-order valence-electron chi connectivity index (χ3n) is 2.40. The normalized spacial score (nSPS) is 12.4. The molecule has 0 aromatic heterocycles. The van der Waals surface area contributed by atoms with Gasteiger partial charge < -0.3 is 5.32 Å². The minimum atomic E-state index is -3.30. The molecule has 0 amide bonds. The van der Waals surface area contributed by atoms with Crippen molar-refractivity contribution in [1.82, 2.24) is 5.32 Å². The lowest BCUT2D eigenvalue weighted by molar-refractivity contribution is 0.463. The summed E-state index contributed by atoms with van der Waals surface area (Å²) in [4.78, 5) is 0.